The average molecular weight is 253 g/mol. The van der Waals surface area contributed by atoms with E-state index in [4.69, 9.17) is 0 Å². The number of fused-ring (bicyclic) bond motifs is 1. The molecule has 1 heterocycles. The van der Waals surface area contributed by atoms with Gasteiger partial charge in [0.05, 0.1) is 24.5 Å². The van der Waals surface area contributed by atoms with Gasteiger partial charge in [-0.3, -0.25) is 14.5 Å². The molecule has 2 aliphatic rings. The van der Waals surface area contributed by atoms with E-state index in [-0.39, 0.29) is 36.1 Å². The quantitative estimate of drug-likeness (QED) is 0.757. The highest BCUT2D eigenvalue weighted by Gasteiger charge is 2.50. The maximum atomic E-state index is 12.1. The molecule has 1 aliphatic heterocycles. The molecule has 3 atom stereocenters. The van der Waals surface area contributed by atoms with Crippen molar-refractivity contribution in [2.75, 3.05) is 6.54 Å². The van der Waals surface area contributed by atoms with Gasteiger partial charge in [0.25, 0.3) is 0 Å². The van der Waals surface area contributed by atoms with E-state index in [0.29, 0.717) is 0 Å². The van der Waals surface area contributed by atoms with Crippen LogP contribution in [0.1, 0.15) is 46.0 Å². The van der Waals surface area contributed by atoms with E-state index < -0.39 is 6.10 Å². The summed E-state index contributed by atoms with van der Waals surface area (Å²) in [4.78, 5) is 25.6. The first kappa shape index (κ1) is 13.5. The maximum Gasteiger partial charge on any atom is 0.233 e. The molecule has 0 aromatic rings. The number of amides is 2. The summed E-state index contributed by atoms with van der Waals surface area (Å²) in [5.41, 5.74) is 0. The second-order valence-electron chi connectivity index (χ2n) is 5.57. The maximum absolute atomic E-state index is 12.1. The molecule has 1 saturated heterocycles. The molecule has 2 rings (SSSR count). The first-order valence-corrected chi connectivity index (χ1v) is 7.13. The predicted molar refractivity (Wildman–Crippen MR) is 67.6 cm³/mol. The topological polar surface area (TPSA) is 57.6 Å². The van der Waals surface area contributed by atoms with Crippen LogP contribution in [-0.4, -0.2) is 34.5 Å². The van der Waals surface area contributed by atoms with Crippen LogP contribution < -0.4 is 0 Å². The molecule has 0 radical (unpaired) electrons. The van der Waals surface area contributed by atoms with Crippen LogP contribution in [0, 0.1) is 17.8 Å². The number of β-amino-alcohol motifs (C(OH)–C–C–N with tert-alkyl or cyclic N) is 1. The van der Waals surface area contributed by atoms with Crippen molar-refractivity contribution in [2.45, 2.75) is 52.1 Å². The van der Waals surface area contributed by atoms with Crippen LogP contribution in [0.4, 0.5) is 0 Å². The molecule has 0 aromatic heterocycles. The number of nitrogens with zero attached hydrogens (tertiary/aromatic N) is 1. The van der Waals surface area contributed by atoms with Gasteiger partial charge in [-0.15, -0.1) is 0 Å². The zero-order valence-electron chi connectivity index (χ0n) is 11.3. The standard InChI is InChI=1S/C14H23NO3/c1-3-9(4-2)12(16)8-15-13(17)10-6-5-7-11(10)14(15)18/h9-12,16H,3-8H2,1-2H3. The molecule has 1 saturated carbocycles. The predicted octanol–water partition coefficient (Wildman–Crippen LogP) is 1.57. The lowest BCUT2D eigenvalue weighted by molar-refractivity contribution is -0.142. The molecule has 0 aromatic carbocycles. The first-order valence-electron chi connectivity index (χ1n) is 7.13. The third-order valence-electron chi connectivity index (χ3n) is 4.64. The summed E-state index contributed by atoms with van der Waals surface area (Å²) in [7, 11) is 0. The zero-order chi connectivity index (χ0) is 13.3. The summed E-state index contributed by atoms with van der Waals surface area (Å²) in [6.07, 6.45) is 3.84. The number of carbonyl (C=O) groups excluding carboxylic acids is 2. The van der Waals surface area contributed by atoms with Gasteiger partial charge in [-0.2, -0.15) is 0 Å². The molecule has 1 N–H and O–H groups in total. The highest BCUT2D eigenvalue weighted by atomic mass is 16.3. The van der Waals surface area contributed by atoms with Crippen molar-refractivity contribution in [1.29, 1.82) is 0 Å². The lowest BCUT2D eigenvalue weighted by Crippen LogP contribution is -2.40. The van der Waals surface area contributed by atoms with Crippen LogP contribution in [0.15, 0.2) is 0 Å². The van der Waals surface area contributed by atoms with Gasteiger partial charge in [0.15, 0.2) is 0 Å². The van der Waals surface area contributed by atoms with E-state index in [1.54, 1.807) is 0 Å². The number of carbonyl (C=O) groups is 2. The monoisotopic (exact) mass is 253 g/mol. The van der Waals surface area contributed by atoms with Crippen molar-refractivity contribution < 1.29 is 14.7 Å². The molecule has 4 nitrogen and oxygen atoms in total. The lowest BCUT2D eigenvalue weighted by Gasteiger charge is -2.25. The summed E-state index contributed by atoms with van der Waals surface area (Å²) in [5.74, 6) is -0.108. The molecule has 4 heteroatoms. The summed E-state index contributed by atoms with van der Waals surface area (Å²) in [5, 5.41) is 10.1. The Kier molecular flexibility index (Phi) is 4.05. The molecule has 2 amide bonds. The summed E-state index contributed by atoms with van der Waals surface area (Å²) in [6, 6.07) is 0. The van der Waals surface area contributed by atoms with Gasteiger partial charge in [0, 0.05) is 0 Å². The molecular weight excluding hydrogens is 230 g/mol. The van der Waals surface area contributed by atoms with Crippen LogP contribution in [-0.2, 0) is 9.59 Å². The summed E-state index contributed by atoms with van der Waals surface area (Å²) in [6.45, 7) is 4.25. The molecule has 0 spiro atoms. The van der Waals surface area contributed by atoms with Gasteiger partial charge < -0.3 is 5.11 Å². The Morgan fingerprint density at radius 1 is 1.17 bits per heavy atom. The second kappa shape index (κ2) is 5.39. The number of likely N-dealkylation sites (tertiary alicyclic amines) is 1. The molecule has 0 bridgehead atoms. The van der Waals surface area contributed by atoms with Gasteiger partial charge in [-0.1, -0.05) is 33.1 Å². The van der Waals surface area contributed by atoms with Gasteiger partial charge in [0.2, 0.25) is 11.8 Å². The van der Waals surface area contributed by atoms with Gasteiger partial charge in [-0.05, 0) is 18.8 Å². The lowest BCUT2D eigenvalue weighted by atomic mass is 9.96. The first-order chi connectivity index (χ1) is 8.60. The number of hydrogen-bond acceptors (Lipinski definition) is 3. The molecule has 2 fully saturated rings. The Morgan fingerprint density at radius 2 is 1.67 bits per heavy atom. The number of hydrogen-bond donors (Lipinski definition) is 1. The largest absolute Gasteiger partial charge is 0.391 e. The van der Waals surface area contributed by atoms with Gasteiger partial charge in [0.1, 0.15) is 0 Å². The number of rotatable bonds is 5. The fourth-order valence-corrected chi connectivity index (χ4v) is 3.41. The minimum absolute atomic E-state index is 0.0486. The number of imide groups is 1. The van der Waals surface area contributed by atoms with E-state index in [1.807, 2.05) is 13.8 Å². The summed E-state index contributed by atoms with van der Waals surface area (Å²) >= 11 is 0. The number of aliphatic hydroxyl groups is 1. The second-order valence-corrected chi connectivity index (χ2v) is 5.57. The number of aliphatic hydroxyl groups excluding tert-OH is 1. The van der Waals surface area contributed by atoms with Crippen LogP contribution in [0.2, 0.25) is 0 Å². The van der Waals surface area contributed by atoms with E-state index in [0.717, 1.165) is 32.1 Å². The van der Waals surface area contributed by atoms with Crippen LogP contribution >= 0.6 is 0 Å². The van der Waals surface area contributed by atoms with Crippen molar-refractivity contribution in [2.24, 2.45) is 17.8 Å². The van der Waals surface area contributed by atoms with Crippen LogP contribution in [0.5, 0.6) is 0 Å². The van der Waals surface area contributed by atoms with E-state index >= 15 is 0 Å². The van der Waals surface area contributed by atoms with Crippen molar-refractivity contribution >= 4 is 11.8 Å². The average Bonchev–Trinajstić information content (AvgIpc) is 2.91. The Morgan fingerprint density at radius 3 is 2.11 bits per heavy atom. The van der Waals surface area contributed by atoms with E-state index in [1.165, 1.54) is 4.90 Å². The van der Waals surface area contributed by atoms with E-state index in [2.05, 4.69) is 0 Å². The Hall–Kier alpha value is -0.900. The van der Waals surface area contributed by atoms with Crippen molar-refractivity contribution in [3.63, 3.8) is 0 Å². The van der Waals surface area contributed by atoms with Crippen LogP contribution in [0.25, 0.3) is 0 Å². The SMILES string of the molecule is CCC(CC)C(O)CN1C(=O)C2CCCC2C1=O. The van der Waals surface area contributed by atoms with Crippen molar-refractivity contribution in [3.05, 3.63) is 0 Å². The van der Waals surface area contributed by atoms with Crippen molar-refractivity contribution in [1.82, 2.24) is 4.90 Å². The smallest absolute Gasteiger partial charge is 0.233 e. The third kappa shape index (κ3) is 2.18. The fourth-order valence-electron chi connectivity index (χ4n) is 3.41. The normalized spacial score (nSPS) is 29.2. The Balaban J connectivity index is 2.02. The third-order valence-corrected chi connectivity index (χ3v) is 4.64. The molecular formula is C14H23NO3. The molecule has 3 unspecified atom stereocenters. The molecule has 102 valence electrons. The van der Waals surface area contributed by atoms with Crippen molar-refractivity contribution in [3.8, 4) is 0 Å². The minimum atomic E-state index is -0.577. The van der Waals surface area contributed by atoms with Crippen LogP contribution in [0.3, 0.4) is 0 Å². The molecule has 1 aliphatic carbocycles. The molecule has 18 heavy (non-hydrogen) atoms. The highest BCUT2D eigenvalue weighted by Crippen LogP contribution is 2.39. The van der Waals surface area contributed by atoms with E-state index in [9.17, 15) is 14.7 Å². The van der Waals surface area contributed by atoms with Gasteiger partial charge >= 0.3 is 0 Å². The zero-order valence-corrected chi connectivity index (χ0v) is 11.3. The highest BCUT2D eigenvalue weighted by molar-refractivity contribution is 6.05. The fraction of sp³-hybridized carbons (Fsp3) is 0.857. The Labute approximate surface area is 108 Å². The minimum Gasteiger partial charge on any atom is -0.391 e. The summed E-state index contributed by atoms with van der Waals surface area (Å²) < 4.78 is 0. The van der Waals surface area contributed by atoms with Gasteiger partial charge in [-0.25, -0.2) is 0 Å². The Bertz CT molecular complexity index is 316.